The molecule has 74 valence electrons. The molecule has 0 saturated heterocycles. The molecule has 0 nitrogen and oxygen atoms in total. The predicted molar refractivity (Wildman–Crippen MR) is 65.1 cm³/mol. The van der Waals surface area contributed by atoms with E-state index >= 15 is 0 Å². The molecule has 0 aromatic rings. The van der Waals surface area contributed by atoms with Crippen LogP contribution in [0.1, 0.15) is 34.6 Å². The molecule has 0 bridgehead atoms. The van der Waals surface area contributed by atoms with Gasteiger partial charge in [-0.2, -0.15) is 11.8 Å². The van der Waals surface area contributed by atoms with Crippen molar-refractivity contribution in [3.05, 3.63) is 0 Å². The lowest BCUT2D eigenvalue weighted by molar-refractivity contribution is 0.240. The van der Waals surface area contributed by atoms with Gasteiger partial charge < -0.3 is 0 Å². The van der Waals surface area contributed by atoms with Gasteiger partial charge in [0.25, 0.3) is 0 Å². The normalized spacial score (nSPS) is 18.0. The van der Waals surface area contributed by atoms with E-state index in [0.717, 1.165) is 11.2 Å². The lowest BCUT2D eigenvalue weighted by Gasteiger charge is -2.39. The van der Waals surface area contributed by atoms with Crippen LogP contribution in [0.25, 0.3) is 0 Å². The Kier molecular flexibility index (Phi) is 5.18. The molecule has 0 aromatic heterocycles. The van der Waals surface area contributed by atoms with Gasteiger partial charge in [-0.15, -0.1) is 9.24 Å². The van der Waals surface area contributed by atoms with Crippen LogP contribution in [0, 0.1) is 11.3 Å². The summed E-state index contributed by atoms with van der Waals surface area (Å²) in [6.45, 7) is 11.7. The lowest BCUT2D eigenvalue weighted by atomic mass is 9.77. The predicted octanol–water partition coefficient (Wildman–Crippen LogP) is 3.66. The van der Waals surface area contributed by atoms with Gasteiger partial charge in [0.15, 0.2) is 0 Å². The number of rotatable bonds is 4. The second kappa shape index (κ2) is 4.86. The first kappa shape index (κ1) is 12.8. The second-order valence-corrected chi connectivity index (χ2v) is 6.52. The Morgan fingerprint density at radius 2 is 1.58 bits per heavy atom. The summed E-state index contributed by atoms with van der Waals surface area (Å²) in [5, 5.41) is 0.738. The zero-order valence-corrected chi connectivity index (χ0v) is 11.2. The standard InChI is InChI=1S/C10H23PS/c1-7(2)10(4,5)9(12-6)8(3)11/h7-9H,11H2,1-6H3. The number of thioether (sulfide) groups is 1. The highest BCUT2D eigenvalue weighted by atomic mass is 32.2. The van der Waals surface area contributed by atoms with Crippen LogP contribution in [-0.2, 0) is 0 Å². The van der Waals surface area contributed by atoms with E-state index in [9.17, 15) is 0 Å². The van der Waals surface area contributed by atoms with Crippen LogP contribution in [0.15, 0.2) is 0 Å². The van der Waals surface area contributed by atoms with Gasteiger partial charge in [-0.25, -0.2) is 0 Å². The summed E-state index contributed by atoms with van der Waals surface area (Å²) in [4.78, 5) is 0. The minimum Gasteiger partial charge on any atom is -0.161 e. The molecular formula is C10H23PS. The van der Waals surface area contributed by atoms with E-state index in [1.54, 1.807) is 0 Å². The highest BCUT2D eigenvalue weighted by molar-refractivity contribution is 7.99. The van der Waals surface area contributed by atoms with Crippen molar-refractivity contribution in [2.45, 2.75) is 45.5 Å². The summed E-state index contributed by atoms with van der Waals surface area (Å²) in [5.74, 6) is 0.748. The van der Waals surface area contributed by atoms with Crippen LogP contribution in [0.2, 0.25) is 0 Å². The monoisotopic (exact) mass is 206 g/mol. The third-order valence-corrected chi connectivity index (χ3v) is 5.16. The summed E-state index contributed by atoms with van der Waals surface area (Å²) < 4.78 is 0. The Morgan fingerprint density at radius 1 is 1.17 bits per heavy atom. The topological polar surface area (TPSA) is 0 Å². The van der Waals surface area contributed by atoms with Crippen LogP contribution >= 0.6 is 21.0 Å². The summed E-state index contributed by atoms with van der Waals surface area (Å²) in [6, 6.07) is 0. The van der Waals surface area contributed by atoms with Crippen molar-refractivity contribution in [1.29, 1.82) is 0 Å². The smallest absolute Gasteiger partial charge is 0.0158 e. The summed E-state index contributed by atoms with van der Waals surface area (Å²) in [6.07, 6.45) is 2.22. The Morgan fingerprint density at radius 3 is 1.67 bits per heavy atom. The van der Waals surface area contributed by atoms with E-state index in [4.69, 9.17) is 0 Å². The van der Waals surface area contributed by atoms with E-state index in [1.165, 1.54) is 0 Å². The molecule has 0 rings (SSSR count). The van der Waals surface area contributed by atoms with Gasteiger partial charge >= 0.3 is 0 Å². The maximum atomic E-state index is 2.93. The molecule has 0 N–H and O–H groups in total. The molecule has 3 atom stereocenters. The maximum Gasteiger partial charge on any atom is 0.0158 e. The SMILES string of the molecule is CSC(C(C)P)C(C)(C)C(C)C. The van der Waals surface area contributed by atoms with Crippen LogP contribution in [0.3, 0.4) is 0 Å². The van der Waals surface area contributed by atoms with Gasteiger partial charge in [-0.05, 0) is 23.2 Å². The first-order valence-corrected chi connectivity index (χ1v) is 6.57. The van der Waals surface area contributed by atoms with Crippen molar-refractivity contribution in [3.8, 4) is 0 Å². The molecule has 0 amide bonds. The molecule has 12 heavy (non-hydrogen) atoms. The van der Waals surface area contributed by atoms with E-state index in [1.807, 2.05) is 11.8 Å². The van der Waals surface area contributed by atoms with Crippen LogP contribution in [0.5, 0.6) is 0 Å². The number of hydrogen-bond donors (Lipinski definition) is 0. The lowest BCUT2D eigenvalue weighted by Crippen LogP contribution is -2.36. The summed E-state index contributed by atoms with van der Waals surface area (Å²) >= 11 is 1.99. The van der Waals surface area contributed by atoms with Crippen molar-refractivity contribution >= 4 is 21.0 Å². The fraction of sp³-hybridized carbons (Fsp3) is 1.00. The van der Waals surface area contributed by atoms with E-state index < -0.39 is 0 Å². The molecule has 0 heterocycles. The minimum absolute atomic E-state index is 0.431. The van der Waals surface area contributed by atoms with Gasteiger partial charge in [0.05, 0.1) is 0 Å². The first-order chi connectivity index (χ1) is 5.34. The molecule has 0 aromatic carbocycles. The molecule has 0 radical (unpaired) electrons. The molecule has 0 aliphatic carbocycles. The molecule has 3 unspecified atom stereocenters. The van der Waals surface area contributed by atoms with Crippen molar-refractivity contribution in [2.75, 3.05) is 6.26 Å². The quantitative estimate of drug-likeness (QED) is 0.632. The number of hydrogen-bond acceptors (Lipinski definition) is 1. The molecule has 0 spiro atoms. The van der Waals surface area contributed by atoms with Crippen molar-refractivity contribution in [2.24, 2.45) is 11.3 Å². The summed E-state index contributed by atoms with van der Waals surface area (Å²) in [7, 11) is 2.93. The van der Waals surface area contributed by atoms with E-state index in [2.05, 4.69) is 50.1 Å². The van der Waals surface area contributed by atoms with Gasteiger partial charge in [0.2, 0.25) is 0 Å². The molecular weight excluding hydrogens is 183 g/mol. The second-order valence-electron chi connectivity index (χ2n) is 4.49. The summed E-state index contributed by atoms with van der Waals surface area (Å²) in [5.41, 5.74) is 1.12. The Hall–Kier alpha value is 0.780. The Balaban J connectivity index is 4.47. The third kappa shape index (κ3) is 2.92. The fourth-order valence-electron chi connectivity index (χ4n) is 1.52. The van der Waals surface area contributed by atoms with Crippen molar-refractivity contribution in [1.82, 2.24) is 0 Å². The van der Waals surface area contributed by atoms with E-state index in [-0.39, 0.29) is 0 Å². The van der Waals surface area contributed by atoms with Gasteiger partial charge in [0.1, 0.15) is 0 Å². The van der Waals surface area contributed by atoms with Crippen LogP contribution < -0.4 is 0 Å². The van der Waals surface area contributed by atoms with E-state index in [0.29, 0.717) is 11.1 Å². The molecule has 0 fully saturated rings. The highest BCUT2D eigenvalue weighted by Gasteiger charge is 2.33. The van der Waals surface area contributed by atoms with Crippen molar-refractivity contribution < 1.29 is 0 Å². The highest BCUT2D eigenvalue weighted by Crippen LogP contribution is 2.40. The van der Waals surface area contributed by atoms with Crippen molar-refractivity contribution in [3.63, 3.8) is 0 Å². The zero-order chi connectivity index (χ0) is 9.94. The maximum absolute atomic E-state index is 2.93. The third-order valence-electron chi connectivity index (χ3n) is 2.95. The van der Waals surface area contributed by atoms with Gasteiger partial charge in [-0.3, -0.25) is 0 Å². The molecule has 0 aliphatic rings. The Bertz CT molecular complexity index is 130. The van der Waals surface area contributed by atoms with Crippen LogP contribution in [0.4, 0.5) is 0 Å². The van der Waals surface area contributed by atoms with Crippen LogP contribution in [-0.4, -0.2) is 17.2 Å². The average Bonchev–Trinajstić information content (AvgIpc) is 1.86. The van der Waals surface area contributed by atoms with Gasteiger partial charge in [-0.1, -0.05) is 34.6 Å². The minimum atomic E-state index is 0.431. The van der Waals surface area contributed by atoms with Gasteiger partial charge in [0, 0.05) is 5.25 Å². The largest absolute Gasteiger partial charge is 0.161 e. The zero-order valence-electron chi connectivity index (χ0n) is 9.22. The first-order valence-electron chi connectivity index (χ1n) is 4.62. The molecule has 0 saturated carbocycles. The molecule has 2 heteroatoms. The Labute approximate surface area is 84.5 Å². The average molecular weight is 206 g/mol. The fourth-order valence-corrected chi connectivity index (χ4v) is 3.80. The molecule has 0 aliphatic heterocycles.